The van der Waals surface area contributed by atoms with Gasteiger partial charge in [-0.05, 0) is 13.0 Å². The lowest BCUT2D eigenvalue weighted by Gasteiger charge is -2.31. The number of carbonyl (C=O) groups is 2. The number of allylic oxidation sites excluding steroid dienone is 2. The molecule has 0 aromatic rings. The quantitative estimate of drug-likeness (QED) is 0.806. The van der Waals surface area contributed by atoms with E-state index >= 15 is 0 Å². The number of ether oxygens (including phenoxy) is 1. The Bertz CT molecular complexity index is 458. The Hall–Kier alpha value is -1.43. The fourth-order valence-corrected chi connectivity index (χ4v) is 2.04. The fraction of sp³-hybridized carbons (Fsp3) is 0.455. The zero-order valence-electron chi connectivity index (χ0n) is 9.67. The minimum Gasteiger partial charge on any atom is -0.481 e. The van der Waals surface area contributed by atoms with E-state index in [1.54, 1.807) is 0 Å². The molecule has 4 nitrogen and oxygen atoms in total. The Kier molecular flexibility index (Phi) is 4.11. The first kappa shape index (κ1) is 14.6. The number of hydrogen-bond acceptors (Lipinski definition) is 3. The van der Waals surface area contributed by atoms with Crippen molar-refractivity contribution in [1.29, 1.82) is 0 Å². The van der Waals surface area contributed by atoms with Crippen LogP contribution in [-0.2, 0) is 14.3 Å². The van der Waals surface area contributed by atoms with Crippen LogP contribution in [0.4, 0.5) is 8.78 Å². The van der Waals surface area contributed by atoms with Crippen LogP contribution in [0.25, 0.3) is 0 Å². The summed E-state index contributed by atoms with van der Waals surface area (Å²) in [7, 11) is 1.04. The predicted molar refractivity (Wildman–Crippen MR) is 59.3 cm³/mol. The van der Waals surface area contributed by atoms with Gasteiger partial charge in [-0.1, -0.05) is 11.6 Å². The number of methoxy groups -OCH3 is 1. The highest BCUT2D eigenvalue weighted by molar-refractivity contribution is 6.31. The summed E-state index contributed by atoms with van der Waals surface area (Å²) in [5.74, 6) is -3.36. The van der Waals surface area contributed by atoms with Gasteiger partial charge in [0.25, 0.3) is 0 Å². The summed E-state index contributed by atoms with van der Waals surface area (Å²) < 4.78 is 32.1. The van der Waals surface area contributed by atoms with Gasteiger partial charge in [-0.15, -0.1) is 0 Å². The summed E-state index contributed by atoms with van der Waals surface area (Å²) in [6.45, 7) is 1.13. The summed E-state index contributed by atoms with van der Waals surface area (Å²) in [5.41, 5.74) is -2.35. The molecule has 0 saturated carbocycles. The molecular weight excluding hydrogens is 270 g/mol. The maximum Gasteiger partial charge on any atom is 0.318 e. The largest absolute Gasteiger partial charge is 0.481 e. The molecule has 1 aliphatic rings. The molecule has 1 aliphatic carbocycles. The Morgan fingerprint density at radius 1 is 1.61 bits per heavy atom. The first-order chi connectivity index (χ1) is 8.24. The van der Waals surface area contributed by atoms with E-state index < -0.39 is 46.4 Å². The van der Waals surface area contributed by atoms with Crippen molar-refractivity contribution in [3.63, 3.8) is 0 Å². The summed E-state index contributed by atoms with van der Waals surface area (Å²) in [4.78, 5) is 22.0. The van der Waals surface area contributed by atoms with E-state index in [-0.39, 0.29) is 0 Å². The Labute approximate surface area is 107 Å². The van der Waals surface area contributed by atoms with Gasteiger partial charge in [-0.25, -0.2) is 8.78 Å². The van der Waals surface area contributed by atoms with Crippen LogP contribution in [0.15, 0.2) is 22.5 Å². The molecule has 0 bridgehead atoms. The van der Waals surface area contributed by atoms with Crippen LogP contribution < -0.4 is 0 Å². The third kappa shape index (κ3) is 2.38. The second-order valence-electron chi connectivity index (χ2n) is 4.03. The van der Waals surface area contributed by atoms with E-state index in [9.17, 15) is 18.4 Å². The van der Waals surface area contributed by atoms with Gasteiger partial charge >= 0.3 is 11.9 Å². The lowest BCUT2D eigenvalue weighted by molar-refractivity contribution is -0.151. The van der Waals surface area contributed by atoms with Gasteiger partial charge in [0.2, 0.25) is 0 Å². The maximum atomic E-state index is 14.0. The number of carbonyl (C=O) groups excluding carboxylic acids is 1. The van der Waals surface area contributed by atoms with Crippen molar-refractivity contribution >= 4 is 23.5 Å². The number of alkyl halides is 1. The van der Waals surface area contributed by atoms with Crippen molar-refractivity contribution < 1.29 is 28.2 Å². The van der Waals surface area contributed by atoms with E-state index in [1.807, 2.05) is 0 Å². The molecule has 18 heavy (non-hydrogen) atoms. The second kappa shape index (κ2) is 5.06. The summed E-state index contributed by atoms with van der Waals surface area (Å²) in [6.07, 6.45) is -2.09. The molecule has 2 atom stereocenters. The highest BCUT2D eigenvalue weighted by Gasteiger charge is 2.47. The number of carboxylic acid groups (broad SMARTS) is 1. The number of hydrogen-bond donors (Lipinski definition) is 1. The predicted octanol–water partition coefficient (Wildman–Crippen LogP) is 2.34. The van der Waals surface area contributed by atoms with Gasteiger partial charge in [-0.2, -0.15) is 0 Å². The van der Waals surface area contributed by atoms with E-state index in [2.05, 4.69) is 4.74 Å². The van der Waals surface area contributed by atoms with Crippen LogP contribution in [-0.4, -0.2) is 30.3 Å². The van der Waals surface area contributed by atoms with Crippen molar-refractivity contribution in [3.05, 3.63) is 22.5 Å². The SMILES string of the molecule is COC(=O)C1(C)C=C(F)C(CC(=O)O)=C(Cl)C1F. The maximum absolute atomic E-state index is 14.0. The Balaban J connectivity index is 3.23. The standard InChI is InChI=1S/C11H11ClF2O4/c1-11(10(17)18-2)4-6(13)5(3-7(15)16)8(12)9(11)14/h4,9H,3H2,1-2H3,(H,15,16). The monoisotopic (exact) mass is 280 g/mol. The van der Waals surface area contributed by atoms with E-state index in [0.29, 0.717) is 6.08 Å². The number of esters is 1. The molecule has 100 valence electrons. The lowest BCUT2D eigenvalue weighted by Crippen LogP contribution is -2.39. The second-order valence-corrected chi connectivity index (χ2v) is 4.43. The van der Waals surface area contributed by atoms with Crippen LogP contribution >= 0.6 is 11.6 Å². The molecule has 0 spiro atoms. The van der Waals surface area contributed by atoms with Gasteiger partial charge in [0.1, 0.15) is 11.2 Å². The van der Waals surface area contributed by atoms with Gasteiger partial charge in [0.15, 0.2) is 6.17 Å². The average Bonchev–Trinajstić information content (AvgIpc) is 2.30. The molecule has 0 aromatic heterocycles. The Morgan fingerprint density at radius 3 is 2.61 bits per heavy atom. The molecule has 1 rings (SSSR count). The number of halogens is 3. The molecule has 2 unspecified atom stereocenters. The molecule has 0 aromatic carbocycles. The molecule has 7 heteroatoms. The van der Waals surface area contributed by atoms with Crippen LogP contribution in [0.5, 0.6) is 0 Å². The van der Waals surface area contributed by atoms with Crippen molar-refractivity contribution in [1.82, 2.24) is 0 Å². The fourth-order valence-electron chi connectivity index (χ4n) is 1.66. The zero-order chi connectivity index (χ0) is 14.1. The highest BCUT2D eigenvalue weighted by atomic mass is 35.5. The van der Waals surface area contributed by atoms with E-state index in [0.717, 1.165) is 14.0 Å². The van der Waals surface area contributed by atoms with Crippen LogP contribution in [0.3, 0.4) is 0 Å². The molecule has 1 N–H and O–H groups in total. The number of rotatable bonds is 3. The number of aliphatic carboxylic acids is 1. The van der Waals surface area contributed by atoms with Gasteiger partial charge in [-0.3, -0.25) is 9.59 Å². The average molecular weight is 281 g/mol. The van der Waals surface area contributed by atoms with Gasteiger partial charge in [0.05, 0.1) is 18.6 Å². The molecule has 0 saturated heterocycles. The van der Waals surface area contributed by atoms with Crippen molar-refractivity contribution in [2.75, 3.05) is 7.11 Å². The first-order valence-corrected chi connectivity index (χ1v) is 5.33. The van der Waals surface area contributed by atoms with Crippen LogP contribution in [0, 0.1) is 5.41 Å². The highest BCUT2D eigenvalue weighted by Crippen LogP contribution is 2.43. The summed E-state index contributed by atoms with van der Waals surface area (Å²) in [6, 6.07) is 0. The third-order valence-electron chi connectivity index (χ3n) is 2.71. The minimum atomic E-state index is -2.04. The van der Waals surface area contributed by atoms with Crippen molar-refractivity contribution in [2.45, 2.75) is 19.5 Å². The molecule has 0 aliphatic heterocycles. The molecule has 0 amide bonds. The normalized spacial score (nSPS) is 27.8. The number of carboxylic acids is 1. The van der Waals surface area contributed by atoms with Crippen LogP contribution in [0.2, 0.25) is 0 Å². The molecule has 0 fully saturated rings. The molecule has 0 heterocycles. The lowest BCUT2D eigenvalue weighted by atomic mass is 9.79. The molecular formula is C11H11ClF2O4. The zero-order valence-corrected chi connectivity index (χ0v) is 10.4. The van der Waals surface area contributed by atoms with E-state index in [4.69, 9.17) is 16.7 Å². The van der Waals surface area contributed by atoms with Gasteiger partial charge < -0.3 is 9.84 Å². The topological polar surface area (TPSA) is 63.6 Å². The third-order valence-corrected chi connectivity index (χ3v) is 3.13. The summed E-state index contributed by atoms with van der Waals surface area (Å²) in [5, 5.41) is 7.95. The smallest absolute Gasteiger partial charge is 0.318 e. The van der Waals surface area contributed by atoms with Crippen molar-refractivity contribution in [2.24, 2.45) is 5.41 Å². The van der Waals surface area contributed by atoms with Crippen molar-refractivity contribution in [3.8, 4) is 0 Å². The van der Waals surface area contributed by atoms with Gasteiger partial charge in [0, 0.05) is 5.57 Å². The first-order valence-electron chi connectivity index (χ1n) is 4.95. The minimum absolute atomic E-state index is 0.460. The Morgan fingerprint density at radius 2 is 2.17 bits per heavy atom. The van der Waals surface area contributed by atoms with Crippen LogP contribution in [0.1, 0.15) is 13.3 Å². The van der Waals surface area contributed by atoms with E-state index in [1.165, 1.54) is 0 Å². The molecule has 0 radical (unpaired) electrons. The summed E-state index contributed by atoms with van der Waals surface area (Å²) >= 11 is 5.61.